The van der Waals surface area contributed by atoms with Crippen LogP contribution in [0.15, 0.2) is 18.2 Å². The van der Waals surface area contributed by atoms with Crippen molar-refractivity contribution in [1.82, 2.24) is 9.78 Å². The minimum atomic E-state index is 0.0315. The van der Waals surface area contributed by atoms with Gasteiger partial charge in [0.1, 0.15) is 5.69 Å². The molecule has 4 rings (SSSR count). The second-order valence-electron chi connectivity index (χ2n) is 6.59. The van der Waals surface area contributed by atoms with Crippen LogP contribution < -0.4 is 4.90 Å². The van der Waals surface area contributed by atoms with Gasteiger partial charge < -0.3 is 4.90 Å². The van der Waals surface area contributed by atoms with Gasteiger partial charge in [0.05, 0.1) is 5.52 Å². The number of ketones is 1. The Morgan fingerprint density at radius 1 is 1.24 bits per heavy atom. The number of anilines is 1. The summed E-state index contributed by atoms with van der Waals surface area (Å²) in [5, 5.41) is 5.33. The predicted molar refractivity (Wildman–Crippen MR) is 83.8 cm³/mol. The van der Waals surface area contributed by atoms with E-state index in [0.29, 0.717) is 5.69 Å². The Morgan fingerprint density at radius 2 is 1.95 bits per heavy atom. The van der Waals surface area contributed by atoms with Crippen LogP contribution in [0.5, 0.6) is 0 Å². The van der Waals surface area contributed by atoms with E-state index in [9.17, 15) is 4.79 Å². The third-order valence-electron chi connectivity index (χ3n) is 5.26. The summed E-state index contributed by atoms with van der Waals surface area (Å²) >= 11 is 0. The van der Waals surface area contributed by atoms with Crippen molar-refractivity contribution in [3.8, 4) is 0 Å². The summed E-state index contributed by atoms with van der Waals surface area (Å²) in [7, 11) is 1.91. The van der Waals surface area contributed by atoms with E-state index in [2.05, 4.69) is 28.2 Å². The van der Waals surface area contributed by atoms with E-state index in [4.69, 9.17) is 0 Å². The zero-order chi connectivity index (χ0) is 14.6. The number of aryl methyl sites for hydroxylation is 1. The average Bonchev–Trinajstić information content (AvgIpc) is 3.11. The van der Waals surface area contributed by atoms with Gasteiger partial charge in [-0.15, -0.1) is 0 Å². The van der Waals surface area contributed by atoms with Crippen molar-refractivity contribution < 1.29 is 4.79 Å². The van der Waals surface area contributed by atoms with Gasteiger partial charge in [0.25, 0.3) is 0 Å². The van der Waals surface area contributed by atoms with E-state index < -0.39 is 0 Å². The molecule has 4 heteroatoms. The summed E-state index contributed by atoms with van der Waals surface area (Å²) in [6.07, 6.45) is 4.19. The molecule has 21 heavy (non-hydrogen) atoms. The van der Waals surface area contributed by atoms with Gasteiger partial charge in [-0.05, 0) is 42.9 Å². The lowest BCUT2D eigenvalue weighted by Gasteiger charge is -2.19. The molecule has 1 aliphatic heterocycles. The summed E-state index contributed by atoms with van der Waals surface area (Å²) in [5.41, 5.74) is 2.90. The normalized spacial score (nSPS) is 24.8. The van der Waals surface area contributed by atoms with E-state index in [1.807, 2.05) is 11.7 Å². The molecule has 2 fully saturated rings. The van der Waals surface area contributed by atoms with E-state index in [1.165, 1.54) is 38.0 Å². The second kappa shape index (κ2) is 4.58. The van der Waals surface area contributed by atoms with Gasteiger partial charge in [0, 0.05) is 38.1 Å². The summed E-state index contributed by atoms with van der Waals surface area (Å²) in [4.78, 5) is 14.2. The Bertz CT molecular complexity index is 706. The van der Waals surface area contributed by atoms with Crippen molar-refractivity contribution in [2.75, 3.05) is 18.0 Å². The summed E-state index contributed by atoms with van der Waals surface area (Å²) < 4.78 is 1.83. The molecule has 0 N–H and O–H groups in total. The second-order valence-corrected chi connectivity index (χ2v) is 6.59. The molecule has 0 radical (unpaired) electrons. The van der Waals surface area contributed by atoms with Gasteiger partial charge >= 0.3 is 0 Å². The van der Waals surface area contributed by atoms with Crippen LogP contribution >= 0.6 is 0 Å². The minimum Gasteiger partial charge on any atom is -0.371 e. The molecule has 0 spiro atoms. The molecule has 0 bridgehead atoms. The van der Waals surface area contributed by atoms with E-state index in [1.54, 1.807) is 6.92 Å². The first kappa shape index (κ1) is 12.9. The van der Waals surface area contributed by atoms with Crippen LogP contribution in [0.2, 0.25) is 0 Å². The third-order valence-corrected chi connectivity index (χ3v) is 5.26. The van der Waals surface area contributed by atoms with Crippen LogP contribution in [-0.4, -0.2) is 28.7 Å². The van der Waals surface area contributed by atoms with Crippen molar-refractivity contribution >= 4 is 22.4 Å². The van der Waals surface area contributed by atoms with Gasteiger partial charge in [-0.3, -0.25) is 9.48 Å². The average molecular weight is 283 g/mol. The molecule has 2 aliphatic rings. The standard InChI is InChI=1S/C17H21N3O/c1-11(21)17-15-7-6-14(8-16(15)19(2)18-17)20-9-12-4-3-5-13(12)10-20/h6-8,12-13H,3-5,9-10H2,1-2H3/t12-,13+. The molecular weight excluding hydrogens is 262 g/mol. The number of fused-ring (bicyclic) bond motifs is 2. The predicted octanol–water partition coefficient (Wildman–Crippen LogP) is 3.01. The summed E-state index contributed by atoms with van der Waals surface area (Å²) in [6, 6.07) is 6.40. The molecule has 1 saturated carbocycles. The molecule has 1 saturated heterocycles. The van der Waals surface area contributed by atoms with Crippen molar-refractivity contribution in [2.24, 2.45) is 18.9 Å². The number of aromatic nitrogens is 2. The highest BCUT2D eigenvalue weighted by Gasteiger charge is 2.36. The van der Waals surface area contributed by atoms with Crippen LogP contribution in [-0.2, 0) is 7.05 Å². The molecule has 1 aromatic carbocycles. The maximum Gasteiger partial charge on any atom is 0.180 e. The summed E-state index contributed by atoms with van der Waals surface area (Å²) in [5.74, 6) is 1.81. The third kappa shape index (κ3) is 1.96. The first-order chi connectivity index (χ1) is 10.1. The number of Topliss-reactive ketones (excluding diaryl/α,β-unsaturated/α-hetero) is 1. The van der Waals surface area contributed by atoms with Crippen LogP contribution in [0.3, 0.4) is 0 Å². The molecule has 0 amide bonds. The number of nitrogens with zero attached hydrogens (tertiary/aromatic N) is 3. The molecule has 110 valence electrons. The largest absolute Gasteiger partial charge is 0.371 e. The van der Waals surface area contributed by atoms with Gasteiger partial charge in [0.2, 0.25) is 0 Å². The maximum absolute atomic E-state index is 11.7. The van der Waals surface area contributed by atoms with Gasteiger partial charge in [-0.2, -0.15) is 5.10 Å². The monoisotopic (exact) mass is 283 g/mol. The van der Waals surface area contributed by atoms with Gasteiger partial charge in [0.15, 0.2) is 5.78 Å². The number of carbonyl (C=O) groups excluding carboxylic acids is 1. The lowest BCUT2D eigenvalue weighted by molar-refractivity contribution is 0.101. The Labute approximate surface area is 124 Å². The highest BCUT2D eigenvalue weighted by atomic mass is 16.1. The molecule has 0 unspecified atom stereocenters. The zero-order valence-corrected chi connectivity index (χ0v) is 12.7. The Morgan fingerprint density at radius 3 is 2.62 bits per heavy atom. The quantitative estimate of drug-likeness (QED) is 0.795. The SMILES string of the molecule is CC(=O)c1nn(C)c2cc(N3C[C@H]4CCC[C@H]4C3)ccc12. The molecule has 2 heterocycles. The highest BCUT2D eigenvalue weighted by Crippen LogP contribution is 2.40. The zero-order valence-electron chi connectivity index (χ0n) is 12.7. The fourth-order valence-electron chi connectivity index (χ4n) is 4.15. The fraction of sp³-hybridized carbons (Fsp3) is 0.529. The minimum absolute atomic E-state index is 0.0315. The van der Waals surface area contributed by atoms with Crippen LogP contribution in [0.1, 0.15) is 36.7 Å². The Hall–Kier alpha value is -1.84. The first-order valence-electron chi connectivity index (χ1n) is 7.86. The van der Waals surface area contributed by atoms with Crippen molar-refractivity contribution in [3.63, 3.8) is 0 Å². The van der Waals surface area contributed by atoms with E-state index in [0.717, 1.165) is 22.7 Å². The number of hydrogen-bond acceptors (Lipinski definition) is 3. The molecule has 4 nitrogen and oxygen atoms in total. The molecule has 2 atom stereocenters. The molecule has 1 aromatic heterocycles. The van der Waals surface area contributed by atoms with Crippen LogP contribution in [0.25, 0.3) is 10.9 Å². The molecular formula is C17H21N3O. The van der Waals surface area contributed by atoms with Gasteiger partial charge in [-0.1, -0.05) is 6.42 Å². The summed E-state index contributed by atoms with van der Waals surface area (Å²) in [6.45, 7) is 3.96. The maximum atomic E-state index is 11.7. The first-order valence-corrected chi connectivity index (χ1v) is 7.86. The van der Waals surface area contributed by atoms with Crippen LogP contribution in [0.4, 0.5) is 5.69 Å². The smallest absolute Gasteiger partial charge is 0.180 e. The number of benzene rings is 1. The topological polar surface area (TPSA) is 38.1 Å². The number of carbonyl (C=O) groups is 1. The van der Waals surface area contributed by atoms with Crippen LogP contribution in [0, 0.1) is 11.8 Å². The molecule has 2 aromatic rings. The number of rotatable bonds is 2. The van der Waals surface area contributed by atoms with Crippen molar-refractivity contribution in [3.05, 3.63) is 23.9 Å². The highest BCUT2D eigenvalue weighted by molar-refractivity contribution is 6.05. The Kier molecular flexibility index (Phi) is 2.81. The van der Waals surface area contributed by atoms with Gasteiger partial charge in [-0.25, -0.2) is 0 Å². The van der Waals surface area contributed by atoms with Crippen molar-refractivity contribution in [1.29, 1.82) is 0 Å². The lowest BCUT2D eigenvalue weighted by Crippen LogP contribution is -2.20. The van der Waals surface area contributed by atoms with Crippen molar-refractivity contribution in [2.45, 2.75) is 26.2 Å². The Balaban J connectivity index is 1.71. The molecule has 1 aliphatic carbocycles. The fourth-order valence-corrected chi connectivity index (χ4v) is 4.15. The van der Waals surface area contributed by atoms with E-state index in [-0.39, 0.29) is 5.78 Å². The number of hydrogen-bond donors (Lipinski definition) is 0. The lowest BCUT2D eigenvalue weighted by atomic mass is 10.0. The van der Waals surface area contributed by atoms with E-state index >= 15 is 0 Å².